The van der Waals surface area contributed by atoms with Gasteiger partial charge in [0.1, 0.15) is 12.7 Å². The number of carbonyl (C=O) groups is 1. The van der Waals surface area contributed by atoms with Crippen LogP contribution >= 0.6 is 11.3 Å². The van der Waals surface area contributed by atoms with E-state index in [1.807, 2.05) is 20.8 Å². The lowest BCUT2D eigenvalue weighted by atomic mass is 9.98. The number of aromatic nitrogens is 1. The highest BCUT2D eigenvalue weighted by Gasteiger charge is 2.41. The molecule has 1 N–H and O–H groups in total. The second kappa shape index (κ2) is 6.01. The molecule has 0 saturated heterocycles. The average molecular weight is 369 g/mol. The highest BCUT2D eigenvalue weighted by Crippen LogP contribution is 2.36. The van der Waals surface area contributed by atoms with E-state index in [0.29, 0.717) is 11.4 Å². The van der Waals surface area contributed by atoms with E-state index in [0.717, 1.165) is 9.91 Å². The average Bonchev–Trinajstić information content (AvgIpc) is 2.99. The van der Waals surface area contributed by atoms with Crippen molar-refractivity contribution in [2.75, 3.05) is 11.9 Å². The molecule has 0 spiro atoms. The third-order valence-corrected chi connectivity index (χ3v) is 5.10. The molecule has 1 aliphatic rings. The molecule has 1 atom stereocenters. The minimum atomic E-state index is -4.50. The maximum Gasteiger partial charge on any atom is 0.406 e. The molecule has 8 heteroatoms. The van der Waals surface area contributed by atoms with Crippen LogP contribution in [-0.2, 0) is 5.41 Å². The Hall–Kier alpha value is -2.09. The molecule has 1 aliphatic heterocycles. The summed E-state index contributed by atoms with van der Waals surface area (Å²) in [4.78, 5) is 17.9. The Kier molecular flexibility index (Phi) is 4.26. The van der Waals surface area contributed by atoms with E-state index in [4.69, 9.17) is 0 Å². The van der Waals surface area contributed by atoms with Gasteiger partial charge in [-0.15, -0.1) is 11.3 Å². The molecule has 2 aromatic rings. The van der Waals surface area contributed by atoms with Crippen molar-refractivity contribution in [2.24, 2.45) is 0 Å². The van der Waals surface area contributed by atoms with E-state index in [2.05, 4.69) is 10.3 Å². The monoisotopic (exact) mass is 369 g/mol. The van der Waals surface area contributed by atoms with Gasteiger partial charge in [0.2, 0.25) is 0 Å². The van der Waals surface area contributed by atoms with Crippen molar-refractivity contribution in [1.82, 2.24) is 9.88 Å². The van der Waals surface area contributed by atoms with Crippen LogP contribution in [0.3, 0.4) is 0 Å². The first-order chi connectivity index (χ1) is 11.6. The Balaban J connectivity index is 2.03. The Morgan fingerprint density at radius 1 is 1.24 bits per heavy atom. The van der Waals surface area contributed by atoms with E-state index in [1.54, 1.807) is 23.6 Å². The van der Waals surface area contributed by atoms with Crippen LogP contribution in [-0.4, -0.2) is 28.5 Å². The molecule has 0 aliphatic carbocycles. The topological polar surface area (TPSA) is 45.2 Å². The number of carbonyl (C=O) groups excluding carboxylic acids is 1. The minimum absolute atomic E-state index is 0.214. The van der Waals surface area contributed by atoms with E-state index in [9.17, 15) is 18.0 Å². The number of thiazole rings is 1. The molecule has 134 valence electrons. The molecule has 1 amide bonds. The number of anilines is 1. The van der Waals surface area contributed by atoms with Crippen molar-refractivity contribution >= 4 is 22.9 Å². The molecule has 1 unspecified atom stereocenters. The van der Waals surface area contributed by atoms with Gasteiger partial charge in [0.05, 0.1) is 16.3 Å². The number of amides is 1. The molecule has 0 bridgehead atoms. The second-order valence-electron chi connectivity index (χ2n) is 6.97. The van der Waals surface area contributed by atoms with Gasteiger partial charge >= 0.3 is 6.18 Å². The number of fused-ring (bicyclic) bond motifs is 1. The van der Waals surface area contributed by atoms with Gasteiger partial charge in [0, 0.05) is 16.5 Å². The highest BCUT2D eigenvalue weighted by atomic mass is 32.1. The lowest BCUT2D eigenvalue weighted by Crippen LogP contribution is -2.47. The van der Waals surface area contributed by atoms with E-state index in [1.165, 1.54) is 17.4 Å². The Morgan fingerprint density at radius 3 is 2.52 bits per heavy atom. The SMILES string of the molecule is CC(C)(C)c1nc(C2Nc3ccccc3C(=O)N2CC(F)(F)F)cs1. The van der Waals surface area contributed by atoms with Crippen molar-refractivity contribution in [3.63, 3.8) is 0 Å². The lowest BCUT2D eigenvalue weighted by Gasteiger charge is -2.37. The first kappa shape index (κ1) is 17.7. The third-order valence-electron chi connectivity index (χ3n) is 3.82. The Labute approximate surface area is 147 Å². The van der Waals surface area contributed by atoms with Crippen molar-refractivity contribution in [2.45, 2.75) is 38.5 Å². The maximum atomic E-state index is 13.0. The number of para-hydroxylation sites is 1. The number of nitrogens with one attached hydrogen (secondary N) is 1. The Morgan fingerprint density at radius 2 is 1.92 bits per heavy atom. The summed E-state index contributed by atoms with van der Waals surface area (Å²) < 4.78 is 39.1. The number of halogens is 3. The molecule has 1 aromatic heterocycles. The zero-order valence-corrected chi connectivity index (χ0v) is 14.8. The smallest absolute Gasteiger partial charge is 0.359 e. The number of hydrogen-bond acceptors (Lipinski definition) is 4. The summed E-state index contributed by atoms with van der Waals surface area (Å²) in [5, 5.41) is 5.55. The summed E-state index contributed by atoms with van der Waals surface area (Å²) in [5.41, 5.74) is 0.950. The molecule has 0 radical (unpaired) electrons. The summed E-state index contributed by atoms with van der Waals surface area (Å²) in [5.74, 6) is -0.651. The van der Waals surface area contributed by atoms with E-state index < -0.39 is 24.8 Å². The summed E-state index contributed by atoms with van der Waals surface area (Å²) in [7, 11) is 0. The molecule has 0 saturated carbocycles. The summed E-state index contributed by atoms with van der Waals surface area (Å²) in [6.45, 7) is 4.62. The number of alkyl halides is 3. The zero-order chi connectivity index (χ0) is 18.4. The van der Waals surface area contributed by atoms with Gasteiger partial charge in [-0.1, -0.05) is 32.9 Å². The normalized spacial score (nSPS) is 18.1. The quantitative estimate of drug-likeness (QED) is 0.843. The molecule has 4 nitrogen and oxygen atoms in total. The minimum Gasteiger partial charge on any atom is -0.359 e. The molecule has 3 rings (SSSR count). The standard InChI is InChI=1S/C17H18F3N3OS/c1-16(2,3)15-22-12(8-25-15)13-21-11-7-5-4-6-10(11)14(24)23(13)9-17(18,19)20/h4-8,13,21H,9H2,1-3H3. The van der Waals surface area contributed by atoms with Crippen LogP contribution in [0.4, 0.5) is 18.9 Å². The van der Waals surface area contributed by atoms with Crippen LogP contribution in [0.1, 0.15) is 48.0 Å². The van der Waals surface area contributed by atoms with Gasteiger partial charge in [-0.05, 0) is 12.1 Å². The van der Waals surface area contributed by atoms with E-state index >= 15 is 0 Å². The fourth-order valence-electron chi connectivity index (χ4n) is 2.64. The first-order valence-corrected chi connectivity index (χ1v) is 8.63. The third kappa shape index (κ3) is 3.63. The van der Waals surface area contributed by atoms with Gasteiger partial charge in [-0.2, -0.15) is 13.2 Å². The predicted octanol–water partition coefficient (Wildman–Crippen LogP) is 4.57. The number of benzene rings is 1. The zero-order valence-electron chi connectivity index (χ0n) is 14.0. The predicted molar refractivity (Wildman–Crippen MR) is 90.7 cm³/mol. The van der Waals surface area contributed by atoms with Crippen LogP contribution in [0.2, 0.25) is 0 Å². The van der Waals surface area contributed by atoms with Gasteiger partial charge < -0.3 is 10.2 Å². The molecule has 1 aromatic carbocycles. The van der Waals surface area contributed by atoms with Gasteiger partial charge in [0.15, 0.2) is 0 Å². The molecular weight excluding hydrogens is 351 g/mol. The van der Waals surface area contributed by atoms with Crippen LogP contribution in [0.15, 0.2) is 29.6 Å². The summed E-state index contributed by atoms with van der Waals surface area (Å²) in [6.07, 6.45) is -5.44. The molecule has 2 heterocycles. The maximum absolute atomic E-state index is 13.0. The fourth-order valence-corrected chi connectivity index (χ4v) is 3.56. The fraction of sp³-hybridized carbons (Fsp3) is 0.412. The van der Waals surface area contributed by atoms with Crippen LogP contribution in [0.25, 0.3) is 0 Å². The highest BCUT2D eigenvalue weighted by molar-refractivity contribution is 7.09. The van der Waals surface area contributed by atoms with E-state index in [-0.39, 0.29) is 11.0 Å². The van der Waals surface area contributed by atoms with Gasteiger partial charge in [-0.3, -0.25) is 4.79 Å². The number of nitrogens with zero attached hydrogens (tertiary/aromatic N) is 2. The summed E-state index contributed by atoms with van der Waals surface area (Å²) in [6, 6.07) is 6.57. The van der Waals surface area contributed by atoms with Crippen molar-refractivity contribution in [3.8, 4) is 0 Å². The van der Waals surface area contributed by atoms with Crippen LogP contribution in [0.5, 0.6) is 0 Å². The number of hydrogen-bond donors (Lipinski definition) is 1. The summed E-state index contributed by atoms with van der Waals surface area (Å²) >= 11 is 1.38. The first-order valence-electron chi connectivity index (χ1n) is 7.75. The number of rotatable bonds is 2. The lowest BCUT2D eigenvalue weighted by molar-refractivity contribution is -0.144. The molecular formula is C17H18F3N3OS. The van der Waals surface area contributed by atoms with Gasteiger partial charge in [0.25, 0.3) is 5.91 Å². The second-order valence-corrected chi connectivity index (χ2v) is 7.83. The van der Waals surface area contributed by atoms with Crippen LogP contribution in [0, 0.1) is 0 Å². The van der Waals surface area contributed by atoms with Gasteiger partial charge in [-0.25, -0.2) is 4.98 Å². The molecule has 25 heavy (non-hydrogen) atoms. The van der Waals surface area contributed by atoms with Crippen molar-refractivity contribution in [3.05, 3.63) is 45.9 Å². The molecule has 0 fully saturated rings. The van der Waals surface area contributed by atoms with Crippen LogP contribution < -0.4 is 5.32 Å². The van der Waals surface area contributed by atoms with Crippen molar-refractivity contribution in [1.29, 1.82) is 0 Å². The largest absolute Gasteiger partial charge is 0.406 e. The van der Waals surface area contributed by atoms with Crippen molar-refractivity contribution < 1.29 is 18.0 Å². The Bertz CT molecular complexity index is 795.